The van der Waals surface area contributed by atoms with Crippen LogP contribution in [0.15, 0.2) is 18.2 Å². The molecular weight excluding hydrogens is 203 g/mol. The Kier molecular flexibility index (Phi) is 2.90. The molecule has 0 atom stereocenters. The van der Waals surface area contributed by atoms with Crippen molar-refractivity contribution in [3.63, 3.8) is 0 Å². The lowest BCUT2D eigenvalue weighted by atomic mass is 10.3. The van der Waals surface area contributed by atoms with E-state index in [1.165, 1.54) is 0 Å². The molecule has 0 aromatic heterocycles. The molecule has 0 aliphatic heterocycles. The van der Waals surface area contributed by atoms with Crippen molar-refractivity contribution in [2.24, 2.45) is 0 Å². The van der Waals surface area contributed by atoms with Gasteiger partial charge in [-0.2, -0.15) is 8.78 Å². The number of hydrogen-bond donors (Lipinski definition) is 0. The van der Waals surface area contributed by atoms with Gasteiger partial charge in [0, 0.05) is 6.07 Å². The Morgan fingerprint density at radius 3 is 2.57 bits per heavy atom. The van der Waals surface area contributed by atoms with E-state index in [1.54, 1.807) is 0 Å². The minimum atomic E-state index is -3.22. The molecule has 0 aliphatic rings. The Morgan fingerprint density at radius 1 is 1.43 bits per heavy atom. The maximum Gasteiger partial charge on any atom is 0.387 e. The number of benzene rings is 1. The van der Waals surface area contributed by atoms with Crippen molar-refractivity contribution in [3.8, 4) is 5.75 Å². The van der Waals surface area contributed by atoms with Crippen LogP contribution in [0.4, 0.5) is 18.9 Å². The summed E-state index contributed by atoms with van der Waals surface area (Å²) in [5.74, 6) is -1.91. The monoisotopic (exact) mass is 207 g/mol. The Balaban J connectivity index is 3.02. The highest BCUT2D eigenvalue weighted by Crippen LogP contribution is 2.24. The molecule has 14 heavy (non-hydrogen) atoms. The number of alkyl halides is 2. The Hall–Kier alpha value is -1.79. The molecule has 0 aliphatic carbocycles. The van der Waals surface area contributed by atoms with Gasteiger partial charge in [0.25, 0.3) is 5.69 Å². The van der Waals surface area contributed by atoms with Gasteiger partial charge in [0.2, 0.25) is 0 Å². The molecule has 1 aromatic rings. The normalized spacial score (nSPS) is 10.3. The van der Waals surface area contributed by atoms with Crippen molar-refractivity contribution < 1.29 is 22.8 Å². The van der Waals surface area contributed by atoms with Crippen LogP contribution in [0, 0.1) is 15.9 Å². The highest BCUT2D eigenvalue weighted by Gasteiger charge is 2.14. The van der Waals surface area contributed by atoms with E-state index in [2.05, 4.69) is 4.74 Å². The van der Waals surface area contributed by atoms with E-state index in [1.807, 2.05) is 0 Å². The number of non-ortho nitro benzene ring substituents is 1. The standard InChI is InChI=1S/C7H4F3NO3/c8-5-2-1-4(11(12)13)3-6(5)14-7(9)10/h1-3,7H. The summed E-state index contributed by atoms with van der Waals surface area (Å²) in [6.07, 6.45) is 0. The van der Waals surface area contributed by atoms with Crippen molar-refractivity contribution in [1.29, 1.82) is 0 Å². The summed E-state index contributed by atoms with van der Waals surface area (Å²) in [6, 6.07) is 2.14. The van der Waals surface area contributed by atoms with Crippen LogP contribution in [0.2, 0.25) is 0 Å². The molecule has 7 heteroatoms. The van der Waals surface area contributed by atoms with Crippen LogP contribution in [-0.2, 0) is 0 Å². The van der Waals surface area contributed by atoms with Crippen LogP contribution in [0.5, 0.6) is 5.75 Å². The molecule has 0 bridgehead atoms. The first-order valence-electron chi connectivity index (χ1n) is 3.39. The van der Waals surface area contributed by atoms with Gasteiger partial charge >= 0.3 is 6.61 Å². The summed E-state index contributed by atoms with van der Waals surface area (Å²) in [4.78, 5) is 9.35. The summed E-state index contributed by atoms with van der Waals surface area (Å²) in [5, 5.41) is 10.2. The topological polar surface area (TPSA) is 52.4 Å². The second-order valence-corrected chi connectivity index (χ2v) is 2.25. The highest BCUT2D eigenvalue weighted by molar-refractivity contribution is 5.39. The van der Waals surface area contributed by atoms with Crippen molar-refractivity contribution in [2.75, 3.05) is 0 Å². The zero-order chi connectivity index (χ0) is 10.7. The molecule has 0 saturated carbocycles. The summed E-state index contributed by atoms with van der Waals surface area (Å²) in [7, 11) is 0. The Morgan fingerprint density at radius 2 is 2.07 bits per heavy atom. The van der Waals surface area contributed by atoms with Crippen LogP contribution in [-0.4, -0.2) is 11.5 Å². The summed E-state index contributed by atoms with van der Waals surface area (Å²) in [5.41, 5.74) is -0.512. The predicted molar refractivity (Wildman–Crippen MR) is 39.7 cm³/mol. The smallest absolute Gasteiger partial charge is 0.387 e. The predicted octanol–water partition coefficient (Wildman–Crippen LogP) is 2.34. The van der Waals surface area contributed by atoms with Gasteiger partial charge in [-0.15, -0.1) is 0 Å². The van der Waals surface area contributed by atoms with E-state index in [4.69, 9.17) is 0 Å². The third-order valence-corrected chi connectivity index (χ3v) is 1.34. The van der Waals surface area contributed by atoms with Gasteiger partial charge in [0.05, 0.1) is 11.0 Å². The van der Waals surface area contributed by atoms with Gasteiger partial charge in [-0.1, -0.05) is 0 Å². The van der Waals surface area contributed by atoms with Gasteiger partial charge in [-0.25, -0.2) is 4.39 Å². The molecule has 1 aromatic carbocycles. The fourth-order valence-corrected chi connectivity index (χ4v) is 0.792. The van der Waals surface area contributed by atoms with E-state index in [-0.39, 0.29) is 0 Å². The van der Waals surface area contributed by atoms with Crippen LogP contribution in [0.1, 0.15) is 0 Å². The molecule has 0 radical (unpaired) electrons. The van der Waals surface area contributed by atoms with Gasteiger partial charge in [0.1, 0.15) is 0 Å². The minimum Gasteiger partial charge on any atom is -0.431 e. The first-order valence-corrected chi connectivity index (χ1v) is 3.39. The fraction of sp³-hybridized carbons (Fsp3) is 0.143. The number of nitrogens with zero attached hydrogens (tertiary/aromatic N) is 1. The van der Waals surface area contributed by atoms with Crippen LogP contribution >= 0.6 is 0 Å². The van der Waals surface area contributed by atoms with E-state index in [0.717, 1.165) is 6.07 Å². The lowest BCUT2D eigenvalue weighted by Gasteiger charge is -2.04. The maximum atomic E-state index is 12.7. The zero-order valence-corrected chi connectivity index (χ0v) is 6.62. The van der Waals surface area contributed by atoms with E-state index in [9.17, 15) is 23.3 Å². The summed E-state index contributed by atoms with van der Waals surface area (Å²) in [6.45, 7) is -3.22. The quantitative estimate of drug-likeness (QED) is 0.564. The molecule has 0 amide bonds. The molecule has 1 rings (SSSR count). The minimum absolute atomic E-state index is 0.512. The van der Waals surface area contributed by atoms with Gasteiger partial charge in [-0.05, 0) is 6.07 Å². The number of rotatable bonds is 3. The number of nitro groups is 1. The van der Waals surface area contributed by atoms with Crippen LogP contribution in [0.25, 0.3) is 0 Å². The Bertz CT molecular complexity index is 356. The third kappa shape index (κ3) is 2.35. The number of halogens is 3. The lowest BCUT2D eigenvalue weighted by molar-refractivity contribution is -0.385. The molecule has 0 fully saturated rings. The van der Waals surface area contributed by atoms with Gasteiger partial charge in [-0.3, -0.25) is 10.1 Å². The maximum absolute atomic E-state index is 12.7. The molecule has 0 N–H and O–H groups in total. The van der Waals surface area contributed by atoms with Crippen molar-refractivity contribution in [1.82, 2.24) is 0 Å². The SMILES string of the molecule is O=[N+]([O-])c1ccc(F)c(OC(F)F)c1. The zero-order valence-electron chi connectivity index (χ0n) is 6.62. The third-order valence-electron chi connectivity index (χ3n) is 1.34. The summed E-state index contributed by atoms with van der Waals surface area (Å²) >= 11 is 0. The first-order chi connectivity index (χ1) is 6.50. The molecule has 0 heterocycles. The number of ether oxygens (including phenoxy) is 1. The van der Waals surface area contributed by atoms with Crippen molar-refractivity contribution >= 4 is 5.69 Å². The molecular formula is C7H4F3NO3. The largest absolute Gasteiger partial charge is 0.431 e. The van der Waals surface area contributed by atoms with Gasteiger partial charge < -0.3 is 4.74 Å². The van der Waals surface area contributed by atoms with Crippen LogP contribution in [0.3, 0.4) is 0 Å². The molecule has 4 nitrogen and oxygen atoms in total. The Labute approximate surface area is 76.1 Å². The number of hydrogen-bond acceptors (Lipinski definition) is 3. The molecule has 0 unspecified atom stereocenters. The van der Waals surface area contributed by atoms with Crippen molar-refractivity contribution in [2.45, 2.75) is 6.61 Å². The second-order valence-electron chi connectivity index (χ2n) is 2.25. The molecule has 0 saturated heterocycles. The number of nitro benzene ring substituents is 1. The fourth-order valence-electron chi connectivity index (χ4n) is 0.792. The molecule has 76 valence electrons. The average molecular weight is 207 g/mol. The summed E-state index contributed by atoms with van der Waals surface area (Å²) < 4.78 is 39.8. The van der Waals surface area contributed by atoms with E-state index < -0.39 is 28.8 Å². The van der Waals surface area contributed by atoms with Gasteiger partial charge in [0.15, 0.2) is 11.6 Å². The second kappa shape index (κ2) is 3.95. The average Bonchev–Trinajstić information content (AvgIpc) is 2.07. The molecule has 0 spiro atoms. The van der Waals surface area contributed by atoms with E-state index in [0.29, 0.717) is 12.1 Å². The lowest BCUT2D eigenvalue weighted by Crippen LogP contribution is -2.04. The highest BCUT2D eigenvalue weighted by atomic mass is 19.3. The first kappa shape index (κ1) is 10.3. The van der Waals surface area contributed by atoms with Crippen LogP contribution < -0.4 is 4.74 Å². The van der Waals surface area contributed by atoms with E-state index >= 15 is 0 Å². The van der Waals surface area contributed by atoms with Crippen molar-refractivity contribution in [3.05, 3.63) is 34.1 Å².